The monoisotopic (exact) mass is 181 g/mol. The van der Waals surface area contributed by atoms with Crippen molar-refractivity contribution in [3.05, 3.63) is 12.7 Å². The zero-order valence-corrected chi connectivity index (χ0v) is 7.39. The highest BCUT2D eigenvalue weighted by Crippen LogP contribution is 2.14. The zero-order valence-electron chi connectivity index (χ0n) is 7.39. The molecule has 1 saturated heterocycles. The van der Waals surface area contributed by atoms with E-state index in [9.17, 15) is 4.79 Å². The van der Waals surface area contributed by atoms with Gasteiger partial charge in [0.1, 0.15) is 0 Å². The molecule has 2 rings (SSSR count). The number of nitrogens with one attached hydrogen (secondary N) is 1. The van der Waals surface area contributed by atoms with Crippen molar-refractivity contribution in [2.45, 2.75) is 18.9 Å². The Hall–Kier alpha value is -1.39. The Labute approximate surface area is 76.4 Å². The molecule has 1 aliphatic heterocycles. The number of likely N-dealkylation sites (tertiary alicyclic amines) is 1. The Morgan fingerprint density at radius 1 is 1.54 bits per heavy atom. The van der Waals surface area contributed by atoms with Crippen LogP contribution in [-0.4, -0.2) is 34.6 Å². The van der Waals surface area contributed by atoms with E-state index in [4.69, 9.17) is 0 Å². The fourth-order valence-electron chi connectivity index (χ4n) is 1.72. The maximum Gasteiger partial charge on any atom is 0.265 e. The second kappa shape index (κ2) is 3.55. The van der Waals surface area contributed by atoms with Gasteiger partial charge in [-0.05, 0) is 12.8 Å². The second-order valence-corrected chi connectivity index (χ2v) is 3.32. The fraction of sp³-hybridized carbons (Fsp3) is 0.625. The van der Waals surface area contributed by atoms with E-state index in [1.54, 1.807) is 6.33 Å². The lowest BCUT2D eigenvalue weighted by atomic mass is 10.1. The molecule has 70 valence electrons. The van der Waals surface area contributed by atoms with Crippen molar-refractivity contribution in [1.82, 2.24) is 15.1 Å². The van der Waals surface area contributed by atoms with Gasteiger partial charge in [-0.2, -0.15) is 0 Å². The average Bonchev–Trinajstić information content (AvgIpc) is 2.71. The van der Waals surface area contributed by atoms with Crippen LogP contribution < -0.4 is 4.57 Å². The molecule has 1 aliphatic rings. The van der Waals surface area contributed by atoms with Crippen molar-refractivity contribution in [2.24, 2.45) is 0 Å². The minimum Gasteiger partial charge on any atom is -0.345 e. The highest BCUT2D eigenvalue weighted by molar-refractivity contribution is 5.47. The molecule has 0 spiro atoms. The molecule has 0 aromatic carbocycles. The van der Waals surface area contributed by atoms with Crippen LogP contribution in [0.4, 0.5) is 0 Å². The first-order valence-electron chi connectivity index (χ1n) is 4.49. The quantitative estimate of drug-likeness (QED) is 0.493. The van der Waals surface area contributed by atoms with Crippen molar-refractivity contribution in [3.8, 4) is 0 Å². The van der Waals surface area contributed by atoms with Crippen molar-refractivity contribution in [2.75, 3.05) is 13.1 Å². The highest BCUT2D eigenvalue weighted by Gasteiger charge is 2.21. The van der Waals surface area contributed by atoms with Crippen molar-refractivity contribution < 1.29 is 9.36 Å². The number of hydrogen-bond donors (Lipinski definition) is 1. The Kier molecular flexibility index (Phi) is 2.25. The van der Waals surface area contributed by atoms with E-state index in [-0.39, 0.29) is 0 Å². The lowest BCUT2D eigenvalue weighted by molar-refractivity contribution is -0.725. The number of hydrogen-bond acceptors (Lipinski definition) is 2. The summed E-state index contributed by atoms with van der Waals surface area (Å²) in [4.78, 5) is 12.3. The molecule has 1 N–H and O–H groups in total. The molecule has 1 aromatic rings. The van der Waals surface area contributed by atoms with E-state index in [2.05, 4.69) is 14.8 Å². The van der Waals surface area contributed by atoms with E-state index in [0.29, 0.717) is 6.04 Å². The topological polar surface area (TPSA) is 52.9 Å². The smallest absolute Gasteiger partial charge is 0.265 e. The molecule has 2 heterocycles. The van der Waals surface area contributed by atoms with Gasteiger partial charge in [0.25, 0.3) is 6.33 Å². The SMILES string of the molecule is O=CN1CCC([n+]2cn[nH]c2)CC1. The van der Waals surface area contributed by atoms with Crippen LogP contribution in [0.15, 0.2) is 12.7 Å². The number of carbonyl (C=O) groups excluding carboxylic acids is 1. The van der Waals surface area contributed by atoms with Crippen LogP contribution in [0.3, 0.4) is 0 Å². The summed E-state index contributed by atoms with van der Waals surface area (Å²) < 4.78 is 2.07. The highest BCUT2D eigenvalue weighted by atomic mass is 16.1. The van der Waals surface area contributed by atoms with Gasteiger partial charge in [-0.1, -0.05) is 0 Å². The maximum absolute atomic E-state index is 10.5. The summed E-state index contributed by atoms with van der Waals surface area (Å²) in [5, 5.41) is 6.67. The number of aromatic nitrogens is 3. The molecular weight excluding hydrogens is 168 g/mol. The summed E-state index contributed by atoms with van der Waals surface area (Å²) in [6.07, 6.45) is 6.62. The first kappa shape index (κ1) is 8.22. The van der Waals surface area contributed by atoms with Crippen LogP contribution in [0.1, 0.15) is 18.9 Å². The Morgan fingerprint density at radius 2 is 2.31 bits per heavy atom. The van der Waals surface area contributed by atoms with Crippen LogP contribution in [0, 0.1) is 0 Å². The molecule has 13 heavy (non-hydrogen) atoms. The average molecular weight is 181 g/mol. The maximum atomic E-state index is 10.5. The third-order valence-electron chi connectivity index (χ3n) is 2.54. The van der Waals surface area contributed by atoms with Crippen molar-refractivity contribution in [1.29, 1.82) is 0 Å². The molecule has 1 amide bonds. The Morgan fingerprint density at radius 3 is 2.85 bits per heavy atom. The molecule has 5 nitrogen and oxygen atoms in total. The fourth-order valence-corrected chi connectivity index (χ4v) is 1.72. The summed E-state index contributed by atoms with van der Waals surface area (Å²) >= 11 is 0. The van der Waals surface area contributed by atoms with Crippen molar-refractivity contribution in [3.63, 3.8) is 0 Å². The standard InChI is InChI=1S/C8H12N4O/c13-7-11-3-1-8(2-4-11)12-5-9-10-6-12/h5-8H,1-4H2/p+1. The van der Waals surface area contributed by atoms with Crippen LogP contribution >= 0.6 is 0 Å². The summed E-state index contributed by atoms with van der Waals surface area (Å²) in [6, 6.07) is 0.495. The number of piperidine rings is 1. The van der Waals surface area contributed by atoms with E-state index in [1.807, 2.05) is 11.2 Å². The largest absolute Gasteiger partial charge is 0.345 e. The number of carbonyl (C=O) groups is 1. The molecular formula is C8H13N4O+. The molecule has 5 heteroatoms. The predicted octanol–water partition coefficient (Wildman–Crippen LogP) is -0.509. The van der Waals surface area contributed by atoms with Gasteiger partial charge in [0.05, 0.1) is 6.04 Å². The molecule has 0 aliphatic carbocycles. The molecule has 0 radical (unpaired) electrons. The number of rotatable bonds is 2. The first-order valence-corrected chi connectivity index (χ1v) is 4.49. The van der Waals surface area contributed by atoms with E-state index in [0.717, 1.165) is 32.3 Å². The van der Waals surface area contributed by atoms with Crippen LogP contribution in [0.5, 0.6) is 0 Å². The molecule has 0 saturated carbocycles. The third-order valence-corrected chi connectivity index (χ3v) is 2.54. The van der Waals surface area contributed by atoms with Crippen molar-refractivity contribution >= 4 is 6.41 Å². The van der Waals surface area contributed by atoms with Crippen LogP contribution in [0.25, 0.3) is 0 Å². The van der Waals surface area contributed by atoms with Gasteiger partial charge in [-0.25, -0.2) is 4.57 Å². The first-order chi connectivity index (χ1) is 6.40. The zero-order chi connectivity index (χ0) is 9.10. The Bertz CT molecular complexity index is 264. The third kappa shape index (κ3) is 1.68. The Balaban J connectivity index is 1.95. The van der Waals surface area contributed by atoms with Gasteiger partial charge >= 0.3 is 0 Å². The summed E-state index contributed by atoms with van der Waals surface area (Å²) in [7, 11) is 0. The predicted molar refractivity (Wildman–Crippen MR) is 44.7 cm³/mol. The lowest BCUT2D eigenvalue weighted by Gasteiger charge is -2.27. The molecule has 0 unspecified atom stereocenters. The van der Waals surface area contributed by atoms with Gasteiger partial charge in [0.2, 0.25) is 12.7 Å². The van der Waals surface area contributed by atoms with Gasteiger partial charge < -0.3 is 4.90 Å². The van der Waals surface area contributed by atoms with Gasteiger partial charge in [-0.15, -0.1) is 5.10 Å². The van der Waals surface area contributed by atoms with Gasteiger partial charge in [-0.3, -0.25) is 4.79 Å². The second-order valence-electron chi connectivity index (χ2n) is 3.32. The van der Waals surface area contributed by atoms with E-state index in [1.165, 1.54) is 0 Å². The normalized spacial score (nSPS) is 18.9. The van der Waals surface area contributed by atoms with E-state index < -0.39 is 0 Å². The minimum absolute atomic E-state index is 0.495. The van der Waals surface area contributed by atoms with Crippen LogP contribution in [-0.2, 0) is 4.79 Å². The molecule has 0 atom stereocenters. The van der Waals surface area contributed by atoms with E-state index >= 15 is 0 Å². The summed E-state index contributed by atoms with van der Waals surface area (Å²) in [5.74, 6) is 0. The van der Waals surface area contributed by atoms with Gasteiger partial charge in [0, 0.05) is 18.2 Å². The molecule has 0 bridgehead atoms. The number of aromatic amines is 1. The lowest BCUT2D eigenvalue weighted by Crippen LogP contribution is -2.44. The molecule has 1 fully saturated rings. The number of nitrogens with zero attached hydrogens (tertiary/aromatic N) is 3. The van der Waals surface area contributed by atoms with Gasteiger partial charge in [0.15, 0.2) is 0 Å². The minimum atomic E-state index is 0.495. The number of H-pyrrole nitrogens is 1. The number of amides is 1. The summed E-state index contributed by atoms with van der Waals surface area (Å²) in [6.45, 7) is 1.71. The molecule has 1 aromatic heterocycles. The summed E-state index contributed by atoms with van der Waals surface area (Å²) in [5.41, 5.74) is 0. The van der Waals surface area contributed by atoms with Crippen LogP contribution in [0.2, 0.25) is 0 Å².